The lowest BCUT2D eigenvalue weighted by molar-refractivity contribution is -0.143. The molecule has 2 amide bonds. The van der Waals surface area contributed by atoms with E-state index in [9.17, 15) is 9.59 Å². The highest BCUT2D eigenvalue weighted by Gasteiger charge is 2.27. The number of nitrogens with zero attached hydrogens (tertiary/aromatic N) is 2. The van der Waals surface area contributed by atoms with Crippen LogP contribution in [0.5, 0.6) is 0 Å². The van der Waals surface area contributed by atoms with Crippen molar-refractivity contribution in [1.82, 2.24) is 9.80 Å². The lowest BCUT2D eigenvalue weighted by Crippen LogP contribution is -2.48. The topological polar surface area (TPSA) is 40.6 Å². The SMILES string of the molecule is CC.CCN(C)C(=O)C(CC(C)C)N(C)C(C)=O. The van der Waals surface area contributed by atoms with Gasteiger partial charge in [0, 0.05) is 27.6 Å². The molecule has 0 aliphatic heterocycles. The first-order chi connectivity index (χ1) is 8.31. The van der Waals surface area contributed by atoms with Gasteiger partial charge in [-0.25, -0.2) is 0 Å². The zero-order valence-corrected chi connectivity index (χ0v) is 13.3. The molecule has 4 heteroatoms. The van der Waals surface area contributed by atoms with Crippen molar-refractivity contribution in [3.8, 4) is 0 Å². The molecule has 0 aromatic rings. The minimum Gasteiger partial charge on any atom is -0.344 e. The van der Waals surface area contributed by atoms with Crippen LogP contribution in [-0.4, -0.2) is 48.3 Å². The molecule has 0 N–H and O–H groups in total. The summed E-state index contributed by atoms with van der Waals surface area (Å²) < 4.78 is 0. The average molecular weight is 258 g/mol. The maximum absolute atomic E-state index is 12.1. The van der Waals surface area contributed by atoms with Crippen molar-refractivity contribution in [3.05, 3.63) is 0 Å². The first-order valence-electron chi connectivity index (χ1n) is 6.79. The zero-order valence-electron chi connectivity index (χ0n) is 13.3. The molecule has 18 heavy (non-hydrogen) atoms. The summed E-state index contributed by atoms with van der Waals surface area (Å²) in [6.07, 6.45) is 0.708. The maximum Gasteiger partial charge on any atom is 0.245 e. The third-order valence-corrected chi connectivity index (χ3v) is 2.79. The summed E-state index contributed by atoms with van der Waals surface area (Å²) in [5, 5.41) is 0. The Morgan fingerprint density at radius 2 is 1.56 bits per heavy atom. The third kappa shape index (κ3) is 6.62. The Hall–Kier alpha value is -1.06. The number of carbonyl (C=O) groups is 2. The van der Waals surface area contributed by atoms with Gasteiger partial charge in [-0.15, -0.1) is 0 Å². The predicted octanol–water partition coefficient (Wildman–Crippen LogP) is 2.38. The highest BCUT2D eigenvalue weighted by Crippen LogP contribution is 2.13. The quantitative estimate of drug-likeness (QED) is 0.759. The van der Waals surface area contributed by atoms with Crippen LogP contribution in [0.4, 0.5) is 0 Å². The molecule has 0 saturated heterocycles. The van der Waals surface area contributed by atoms with Crippen LogP contribution in [0.3, 0.4) is 0 Å². The monoisotopic (exact) mass is 258 g/mol. The summed E-state index contributed by atoms with van der Waals surface area (Å²) in [5.41, 5.74) is 0. The summed E-state index contributed by atoms with van der Waals surface area (Å²) in [5.74, 6) is 0.346. The molecule has 0 radical (unpaired) electrons. The van der Waals surface area contributed by atoms with Gasteiger partial charge in [0.15, 0.2) is 0 Å². The summed E-state index contributed by atoms with van der Waals surface area (Å²) in [4.78, 5) is 26.6. The van der Waals surface area contributed by atoms with Crippen LogP contribution in [0.25, 0.3) is 0 Å². The van der Waals surface area contributed by atoms with E-state index in [1.165, 1.54) is 11.8 Å². The zero-order chi connectivity index (χ0) is 14.9. The van der Waals surface area contributed by atoms with Crippen LogP contribution < -0.4 is 0 Å². The number of carbonyl (C=O) groups excluding carboxylic acids is 2. The van der Waals surface area contributed by atoms with E-state index in [1.54, 1.807) is 19.0 Å². The third-order valence-electron chi connectivity index (χ3n) is 2.79. The second-order valence-electron chi connectivity index (χ2n) is 4.63. The van der Waals surface area contributed by atoms with Gasteiger partial charge in [-0.3, -0.25) is 9.59 Å². The van der Waals surface area contributed by atoms with Gasteiger partial charge in [0.25, 0.3) is 0 Å². The number of hydrogen-bond donors (Lipinski definition) is 0. The van der Waals surface area contributed by atoms with Crippen molar-refractivity contribution in [2.45, 2.75) is 54.0 Å². The van der Waals surface area contributed by atoms with Crippen LogP contribution in [0, 0.1) is 5.92 Å². The summed E-state index contributed by atoms with van der Waals surface area (Å²) in [7, 11) is 3.46. The molecule has 0 heterocycles. The smallest absolute Gasteiger partial charge is 0.245 e. The van der Waals surface area contributed by atoms with Crippen molar-refractivity contribution in [2.24, 2.45) is 5.92 Å². The highest BCUT2D eigenvalue weighted by molar-refractivity contribution is 5.86. The molecular formula is C14H30N2O2. The number of likely N-dealkylation sites (N-methyl/N-ethyl adjacent to an activating group) is 2. The van der Waals surface area contributed by atoms with Gasteiger partial charge in [-0.2, -0.15) is 0 Å². The molecule has 108 valence electrons. The van der Waals surface area contributed by atoms with Crippen LogP contribution in [-0.2, 0) is 9.59 Å². The van der Waals surface area contributed by atoms with Gasteiger partial charge in [-0.1, -0.05) is 27.7 Å². The Morgan fingerprint density at radius 1 is 1.11 bits per heavy atom. The standard InChI is InChI=1S/C12H24N2O2.C2H6/c1-7-13(5)12(16)11(8-9(2)3)14(6)10(4)15;1-2/h9,11H,7-8H2,1-6H3;1-2H3. The van der Waals surface area contributed by atoms with Crippen LogP contribution in [0.15, 0.2) is 0 Å². The Balaban J connectivity index is 0. The minimum absolute atomic E-state index is 0.0221. The molecule has 0 spiro atoms. The second-order valence-corrected chi connectivity index (χ2v) is 4.63. The second kappa shape index (κ2) is 9.92. The Labute approximate surface area is 112 Å². The van der Waals surface area contributed by atoms with E-state index < -0.39 is 0 Å². The van der Waals surface area contributed by atoms with E-state index in [-0.39, 0.29) is 17.9 Å². The molecule has 4 nitrogen and oxygen atoms in total. The van der Waals surface area contributed by atoms with E-state index in [2.05, 4.69) is 13.8 Å². The first-order valence-corrected chi connectivity index (χ1v) is 6.79. The first kappa shape index (κ1) is 19.3. The highest BCUT2D eigenvalue weighted by atomic mass is 16.2. The van der Waals surface area contributed by atoms with Crippen molar-refractivity contribution < 1.29 is 9.59 Å². The molecular weight excluding hydrogens is 228 g/mol. The van der Waals surface area contributed by atoms with Crippen molar-refractivity contribution in [2.75, 3.05) is 20.6 Å². The largest absolute Gasteiger partial charge is 0.344 e. The van der Waals surface area contributed by atoms with Crippen LogP contribution in [0.2, 0.25) is 0 Å². The lowest BCUT2D eigenvalue weighted by atomic mass is 10.0. The molecule has 0 rings (SSSR count). The van der Waals surface area contributed by atoms with Gasteiger partial charge in [0.2, 0.25) is 11.8 Å². The van der Waals surface area contributed by atoms with E-state index >= 15 is 0 Å². The van der Waals surface area contributed by atoms with Gasteiger partial charge in [0.05, 0.1) is 0 Å². The fourth-order valence-electron chi connectivity index (χ4n) is 1.50. The average Bonchev–Trinajstić information content (AvgIpc) is 2.35. The molecule has 0 aliphatic rings. The minimum atomic E-state index is -0.331. The molecule has 0 aromatic carbocycles. The normalized spacial score (nSPS) is 11.4. The van der Waals surface area contributed by atoms with E-state index in [4.69, 9.17) is 0 Å². The molecule has 0 bridgehead atoms. The van der Waals surface area contributed by atoms with E-state index in [0.29, 0.717) is 18.9 Å². The van der Waals surface area contributed by atoms with Gasteiger partial charge in [-0.05, 0) is 19.3 Å². The fraction of sp³-hybridized carbons (Fsp3) is 0.857. The number of rotatable bonds is 5. The van der Waals surface area contributed by atoms with Gasteiger partial charge in [0.1, 0.15) is 6.04 Å². The van der Waals surface area contributed by atoms with Crippen molar-refractivity contribution in [3.63, 3.8) is 0 Å². The van der Waals surface area contributed by atoms with E-state index in [0.717, 1.165) is 0 Å². The molecule has 0 aliphatic carbocycles. The van der Waals surface area contributed by atoms with Crippen LogP contribution >= 0.6 is 0 Å². The van der Waals surface area contributed by atoms with Crippen molar-refractivity contribution in [1.29, 1.82) is 0 Å². The fourth-order valence-corrected chi connectivity index (χ4v) is 1.50. The van der Waals surface area contributed by atoms with Gasteiger partial charge >= 0.3 is 0 Å². The maximum atomic E-state index is 12.1. The Bertz CT molecular complexity index is 252. The summed E-state index contributed by atoms with van der Waals surface area (Å²) in [6.45, 7) is 12.2. The van der Waals surface area contributed by atoms with Gasteiger partial charge < -0.3 is 9.80 Å². The number of amides is 2. The van der Waals surface area contributed by atoms with Crippen LogP contribution in [0.1, 0.15) is 48.0 Å². The predicted molar refractivity (Wildman–Crippen MR) is 76.3 cm³/mol. The molecule has 0 aromatic heterocycles. The molecule has 1 unspecified atom stereocenters. The van der Waals surface area contributed by atoms with Crippen molar-refractivity contribution >= 4 is 11.8 Å². The molecule has 0 saturated carbocycles. The van der Waals surface area contributed by atoms with E-state index in [1.807, 2.05) is 20.8 Å². The lowest BCUT2D eigenvalue weighted by Gasteiger charge is -2.30. The Kier molecular flexibility index (Phi) is 10.6. The Morgan fingerprint density at radius 3 is 1.83 bits per heavy atom. The summed E-state index contributed by atoms with van der Waals surface area (Å²) >= 11 is 0. The summed E-state index contributed by atoms with van der Waals surface area (Å²) in [6, 6.07) is -0.331. The number of hydrogen-bond acceptors (Lipinski definition) is 2. The molecule has 1 atom stereocenters. The molecule has 0 fully saturated rings.